The maximum Gasteiger partial charge on any atom is 0.276 e. The van der Waals surface area contributed by atoms with E-state index in [1.54, 1.807) is 44.3 Å². The smallest absolute Gasteiger partial charge is 0.276 e. The molecule has 2 rings (SSSR count). The number of aliphatic hydroxyl groups is 1. The van der Waals surface area contributed by atoms with Crippen molar-refractivity contribution in [3.63, 3.8) is 0 Å². The second kappa shape index (κ2) is 10.7. The number of allylic oxidation sites excluding steroid dienone is 3. The lowest BCUT2D eigenvalue weighted by molar-refractivity contribution is -0.124. The van der Waals surface area contributed by atoms with Gasteiger partial charge in [0.05, 0.1) is 12.3 Å². The summed E-state index contributed by atoms with van der Waals surface area (Å²) in [6, 6.07) is 4.52. The van der Waals surface area contributed by atoms with Crippen LogP contribution in [0.25, 0.3) is 5.57 Å². The molecule has 0 aromatic heterocycles. The topological polar surface area (TPSA) is 71.1 Å². The Kier molecular flexibility index (Phi) is 8.55. The predicted molar refractivity (Wildman–Crippen MR) is 121 cm³/mol. The van der Waals surface area contributed by atoms with E-state index in [4.69, 9.17) is 10.5 Å². The van der Waals surface area contributed by atoms with E-state index in [0.717, 1.165) is 0 Å². The number of nitrogens with two attached hydrogens (primary N) is 1. The number of hydrazone groups is 1. The Hall–Kier alpha value is -2.74. The van der Waals surface area contributed by atoms with Crippen molar-refractivity contribution in [2.45, 2.75) is 52.6 Å². The molecule has 1 aliphatic heterocycles. The first kappa shape index (κ1) is 25.5. The molecule has 32 heavy (non-hydrogen) atoms. The van der Waals surface area contributed by atoms with E-state index in [0.29, 0.717) is 17.1 Å². The maximum atomic E-state index is 15.0. The van der Waals surface area contributed by atoms with Crippen molar-refractivity contribution in [3.8, 4) is 5.75 Å². The lowest BCUT2D eigenvalue weighted by Crippen LogP contribution is -2.36. The fraction of sp³-hybridized carbons (Fsp3) is 0.458. The van der Waals surface area contributed by atoms with E-state index in [1.165, 1.54) is 11.1 Å². The number of alkyl halides is 2. The van der Waals surface area contributed by atoms with Crippen LogP contribution in [0.1, 0.15) is 46.1 Å². The first-order valence-electron chi connectivity index (χ1n) is 10.6. The second-order valence-corrected chi connectivity index (χ2v) is 8.55. The van der Waals surface area contributed by atoms with Gasteiger partial charge in [0, 0.05) is 24.1 Å². The average molecular weight is 452 g/mol. The molecule has 1 aliphatic rings. The largest absolute Gasteiger partial charge is 0.490 e. The lowest BCUT2D eigenvalue weighted by atomic mass is 9.99. The van der Waals surface area contributed by atoms with Crippen LogP contribution in [-0.4, -0.2) is 34.6 Å². The van der Waals surface area contributed by atoms with E-state index in [-0.39, 0.29) is 29.6 Å². The summed E-state index contributed by atoms with van der Waals surface area (Å²) >= 11 is 0. The summed E-state index contributed by atoms with van der Waals surface area (Å²) in [6.45, 7) is 10.8. The molecule has 1 unspecified atom stereocenters. The molecule has 8 heteroatoms. The van der Waals surface area contributed by atoms with Gasteiger partial charge in [0.1, 0.15) is 11.9 Å². The van der Waals surface area contributed by atoms with Crippen LogP contribution in [-0.2, 0) is 0 Å². The number of amidine groups is 1. The van der Waals surface area contributed by atoms with Gasteiger partial charge in [0.2, 0.25) is 0 Å². The van der Waals surface area contributed by atoms with Crippen LogP contribution < -0.4 is 10.5 Å². The molecule has 3 N–H and O–H groups in total. The van der Waals surface area contributed by atoms with E-state index >= 15 is 4.39 Å². The third-order valence-corrected chi connectivity index (χ3v) is 4.98. The highest BCUT2D eigenvalue weighted by Gasteiger charge is 2.38. The van der Waals surface area contributed by atoms with E-state index in [2.05, 4.69) is 11.7 Å². The Labute approximate surface area is 187 Å². The standard InChI is InChI=1S/C24H32F3N3O2/c1-15(2)13-21(31)24(26,27)10-12-32-20-8-6-7-19(22(20)25)18-9-11-30(17(5)14-18)29-23(28)16(3)4/h6-9,11,14-16,21,31H,5,10,12-13H2,1-4H3,(H2,28,29). The number of rotatable bonds is 10. The van der Waals surface area contributed by atoms with E-state index in [9.17, 15) is 13.9 Å². The third kappa shape index (κ3) is 6.63. The summed E-state index contributed by atoms with van der Waals surface area (Å²) in [5.74, 6) is -3.69. The van der Waals surface area contributed by atoms with Crippen molar-refractivity contribution >= 4 is 11.4 Å². The highest BCUT2D eigenvalue weighted by molar-refractivity contribution is 5.82. The monoisotopic (exact) mass is 451 g/mol. The van der Waals surface area contributed by atoms with Gasteiger partial charge in [-0.2, -0.15) is 5.10 Å². The van der Waals surface area contributed by atoms with Crippen LogP contribution in [0.5, 0.6) is 5.75 Å². The zero-order valence-corrected chi connectivity index (χ0v) is 19.0. The van der Waals surface area contributed by atoms with Crippen LogP contribution in [0.2, 0.25) is 0 Å². The van der Waals surface area contributed by atoms with Gasteiger partial charge in [-0.25, -0.2) is 18.2 Å². The molecule has 0 bridgehead atoms. The van der Waals surface area contributed by atoms with E-state index < -0.39 is 30.9 Å². The molecule has 1 atom stereocenters. The summed E-state index contributed by atoms with van der Waals surface area (Å²) < 4.78 is 48.5. The number of hydrogen-bond donors (Lipinski definition) is 2. The molecule has 1 heterocycles. The van der Waals surface area contributed by atoms with E-state index in [1.807, 2.05) is 13.8 Å². The minimum Gasteiger partial charge on any atom is -0.490 e. The second-order valence-electron chi connectivity index (χ2n) is 8.55. The Morgan fingerprint density at radius 2 is 1.97 bits per heavy atom. The van der Waals surface area contributed by atoms with Crippen LogP contribution in [0.3, 0.4) is 0 Å². The van der Waals surface area contributed by atoms with Gasteiger partial charge in [-0.05, 0) is 36.1 Å². The molecule has 0 saturated heterocycles. The predicted octanol–water partition coefficient (Wildman–Crippen LogP) is 5.29. The molecule has 0 aliphatic carbocycles. The molecule has 0 spiro atoms. The van der Waals surface area contributed by atoms with Crippen LogP contribution >= 0.6 is 0 Å². The molecule has 0 amide bonds. The quantitative estimate of drug-likeness (QED) is 0.375. The van der Waals surface area contributed by atoms with Crippen molar-refractivity contribution in [2.24, 2.45) is 22.7 Å². The molecular weight excluding hydrogens is 419 g/mol. The molecule has 0 radical (unpaired) electrons. The SMILES string of the molecule is C=C1C=C(c2cccc(OCCC(F)(F)C(O)CC(C)C)c2F)C=CN1/N=C(/N)C(C)C. The van der Waals surface area contributed by atoms with Gasteiger partial charge in [-0.15, -0.1) is 0 Å². The molecular formula is C24H32F3N3O2. The molecule has 0 fully saturated rings. The van der Waals surface area contributed by atoms with Crippen LogP contribution in [0.15, 0.2) is 53.9 Å². The number of hydrogen-bond acceptors (Lipinski definition) is 4. The van der Waals surface area contributed by atoms with Gasteiger partial charge in [-0.3, -0.25) is 0 Å². The maximum absolute atomic E-state index is 15.0. The summed E-state index contributed by atoms with van der Waals surface area (Å²) in [5.41, 5.74) is 7.16. The van der Waals surface area contributed by atoms with Crippen molar-refractivity contribution < 1.29 is 23.0 Å². The van der Waals surface area contributed by atoms with Crippen molar-refractivity contribution in [3.05, 3.63) is 60.2 Å². The van der Waals surface area contributed by atoms with Crippen molar-refractivity contribution in [1.82, 2.24) is 5.01 Å². The molecule has 0 saturated carbocycles. The summed E-state index contributed by atoms with van der Waals surface area (Å²) in [7, 11) is 0. The molecule has 176 valence electrons. The molecule has 1 aromatic carbocycles. The van der Waals surface area contributed by atoms with Crippen molar-refractivity contribution in [2.75, 3.05) is 6.61 Å². The lowest BCUT2D eigenvalue weighted by Gasteiger charge is -2.24. The fourth-order valence-electron chi connectivity index (χ4n) is 2.97. The van der Waals surface area contributed by atoms with Gasteiger partial charge >= 0.3 is 0 Å². The summed E-state index contributed by atoms with van der Waals surface area (Å²) in [6.07, 6.45) is 2.43. The Bertz CT molecular complexity index is 908. The zero-order chi connectivity index (χ0) is 24.1. The Morgan fingerprint density at radius 3 is 2.56 bits per heavy atom. The first-order valence-corrected chi connectivity index (χ1v) is 10.6. The fourth-order valence-corrected chi connectivity index (χ4v) is 2.97. The third-order valence-electron chi connectivity index (χ3n) is 4.98. The number of halogens is 3. The zero-order valence-electron chi connectivity index (χ0n) is 19.0. The molecule has 1 aromatic rings. The summed E-state index contributed by atoms with van der Waals surface area (Å²) in [4.78, 5) is 0. The highest BCUT2D eigenvalue weighted by atomic mass is 19.3. The number of aliphatic hydroxyl groups excluding tert-OH is 1. The Morgan fingerprint density at radius 1 is 1.28 bits per heavy atom. The summed E-state index contributed by atoms with van der Waals surface area (Å²) in [5, 5.41) is 15.5. The number of ether oxygens (including phenoxy) is 1. The van der Waals surface area contributed by atoms with Crippen LogP contribution in [0, 0.1) is 17.7 Å². The van der Waals surface area contributed by atoms with Crippen LogP contribution in [0.4, 0.5) is 13.2 Å². The normalized spacial score (nSPS) is 16.1. The Balaban J connectivity index is 2.09. The first-order chi connectivity index (χ1) is 14.9. The number of nitrogens with zero attached hydrogens (tertiary/aromatic N) is 2. The van der Waals surface area contributed by atoms with Crippen molar-refractivity contribution in [1.29, 1.82) is 0 Å². The van der Waals surface area contributed by atoms with Gasteiger partial charge < -0.3 is 15.6 Å². The van der Waals surface area contributed by atoms with Gasteiger partial charge in [0.25, 0.3) is 5.92 Å². The minimum absolute atomic E-state index is 0.0227. The minimum atomic E-state index is -3.31. The molecule has 5 nitrogen and oxygen atoms in total. The highest BCUT2D eigenvalue weighted by Crippen LogP contribution is 2.32. The average Bonchev–Trinajstić information content (AvgIpc) is 2.70. The number of benzene rings is 1. The van der Waals surface area contributed by atoms with Gasteiger partial charge in [-0.1, -0.05) is 46.4 Å². The van der Waals surface area contributed by atoms with Gasteiger partial charge in [0.15, 0.2) is 11.6 Å².